The number of nitrogens with one attached hydrogen (secondary N) is 1. The van der Waals surface area contributed by atoms with Gasteiger partial charge in [0.05, 0.1) is 5.02 Å². The van der Waals surface area contributed by atoms with Crippen LogP contribution in [0.5, 0.6) is 0 Å². The highest BCUT2D eigenvalue weighted by molar-refractivity contribution is 7.99. The first-order valence-electron chi connectivity index (χ1n) is 5.79. The summed E-state index contributed by atoms with van der Waals surface area (Å²) >= 11 is 7.31. The predicted molar refractivity (Wildman–Crippen MR) is 77.9 cm³/mol. The summed E-state index contributed by atoms with van der Waals surface area (Å²) in [7, 11) is 0. The number of rotatable bonds is 5. The van der Waals surface area contributed by atoms with Gasteiger partial charge in [-0.1, -0.05) is 23.4 Å². The zero-order valence-electron chi connectivity index (χ0n) is 10.6. The number of aldehydes is 1. The Bertz CT molecular complexity index is 681. The summed E-state index contributed by atoms with van der Waals surface area (Å²) < 4.78 is 0. The van der Waals surface area contributed by atoms with Crippen molar-refractivity contribution >= 4 is 35.7 Å². The van der Waals surface area contributed by atoms with Gasteiger partial charge in [-0.2, -0.15) is 0 Å². The Balaban J connectivity index is 2.34. The topological polar surface area (TPSA) is 92.2 Å². The van der Waals surface area contributed by atoms with Crippen LogP contribution >= 0.6 is 23.4 Å². The van der Waals surface area contributed by atoms with Crippen molar-refractivity contribution in [1.82, 2.24) is 15.3 Å². The Morgan fingerprint density at radius 1 is 1.48 bits per heavy atom. The van der Waals surface area contributed by atoms with E-state index < -0.39 is 6.09 Å². The van der Waals surface area contributed by atoms with Crippen LogP contribution in [0.3, 0.4) is 0 Å². The molecule has 0 spiro atoms. The summed E-state index contributed by atoms with van der Waals surface area (Å²) in [6.07, 6.45) is 4.11. The number of amides is 1. The van der Waals surface area contributed by atoms with Gasteiger partial charge >= 0.3 is 6.09 Å². The molecule has 2 aromatic heterocycles. The Morgan fingerprint density at radius 3 is 3.00 bits per heavy atom. The zero-order chi connectivity index (χ0) is 15.2. The molecule has 2 heterocycles. The summed E-state index contributed by atoms with van der Waals surface area (Å²) in [6.45, 7) is 0.0640. The van der Waals surface area contributed by atoms with Crippen molar-refractivity contribution in [3.63, 3.8) is 0 Å². The van der Waals surface area contributed by atoms with E-state index in [0.717, 1.165) is 0 Å². The van der Waals surface area contributed by atoms with Gasteiger partial charge in [-0.15, -0.1) is 0 Å². The number of halogens is 1. The Kier molecular flexibility index (Phi) is 5.13. The number of nitrogens with zero attached hydrogens (tertiary/aromatic N) is 2. The van der Waals surface area contributed by atoms with Crippen molar-refractivity contribution in [2.24, 2.45) is 0 Å². The van der Waals surface area contributed by atoms with Crippen LogP contribution in [0, 0.1) is 0 Å². The van der Waals surface area contributed by atoms with E-state index in [-0.39, 0.29) is 6.54 Å². The van der Waals surface area contributed by atoms with Crippen molar-refractivity contribution in [1.29, 1.82) is 0 Å². The predicted octanol–water partition coefficient (Wildman–Crippen LogP) is 2.86. The van der Waals surface area contributed by atoms with Crippen molar-refractivity contribution in [3.8, 4) is 0 Å². The third kappa shape index (κ3) is 3.93. The van der Waals surface area contributed by atoms with E-state index >= 15 is 0 Å². The summed E-state index contributed by atoms with van der Waals surface area (Å²) in [5, 5.41) is 11.8. The summed E-state index contributed by atoms with van der Waals surface area (Å²) in [4.78, 5) is 30.3. The molecule has 2 rings (SSSR count). The lowest BCUT2D eigenvalue weighted by Gasteiger charge is -2.10. The van der Waals surface area contributed by atoms with Gasteiger partial charge in [0.2, 0.25) is 0 Å². The maximum atomic E-state index is 11.0. The van der Waals surface area contributed by atoms with Crippen LogP contribution in [0.25, 0.3) is 0 Å². The molecular weight excluding hydrogens is 314 g/mol. The first-order valence-corrected chi connectivity index (χ1v) is 6.98. The third-order valence-electron chi connectivity index (χ3n) is 2.48. The highest BCUT2D eigenvalue weighted by Crippen LogP contribution is 2.35. The lowest BCUT2D eigenvalue weighted by Crippen LogP contribution is -2.20. The average molecular weight is 324 g/mol. The van der Waals surface area contributed by atoms with Crippen LogP contribution in [0.15, 0.2) is 40.6 Å². The molecule has 1 amide bonds. The van der Waals surface area contributed by atoms with E-state index in [9.17, 15) is 9.59 Å². The smallest absolute Gasteiger partial charge is 0.404 e. The summed E-state index contributed by atoms with van der Waals surface area (Å²) in [5.41, 5.74) is 1.05. The van der Waals surface area contributed by atoms with Gasteiger partial charge in [-0.05, 0) is 12.1 Å². The zero-order valence-corrected chi connectivity index (χ0v) is 12.2. The molecule has 108 valence electrons. The molecule has 0 aliphatic carbocycles. The molecule has 0 aliphatic heterocycles. The van der Waals surface area contributed by atoms with Gasteiger partial charge in [0.25, 0.3) is 0 Å². The highest BCUT2D eigenvalue weighted by atomic mass is 35.5. The second kappa shape index (κ2) is 7.05. The second-order valence-corrected chi connectivity index (χ2v) is 5.29. The van der Waals surface area contributed by atoms with Gasteiger partial charge in [-0.25, -0.2) is 9.78 Å². The van der Waals surface area contributed by atoms with Gasteiger partial charge in [0.1, 0.15) is 5.03 Å². The van der Waals surface area contributed by atoms with Crippen LogP contribution < -0.4 is 5.32 Å². The molecule has 0 saturated heterocycles. The van der Waals surface area contributed by atoms with E-state index in [1.54, 1.807) is 18.3 Å². The maximum Gasteiger partial charge on any atom is 0.404 e. The quantitative estimate of drug-likeness (QED) is 0.822. The maximum absolute atomic E-state index is 11.0. The number of hydrogen-bond donors (Lipinski definition) is 2. The number of pyridine rings is 2. The number of carboxylic acid groups (broad SMARTS) is 1. The highest BCUT2D eigenvalue weighted by Gasteiger charge is 2.13. The molecule has 0 unspecified atom stereocenters. The van der Waals surface area contributed by atoms with E-state index in [4.69, 9.17) is 16.7 Å². The van der Waals surface area contributed by atoms with Crippen LogP contribution in [-0.4, -0.2) is 27.5 Å². The van der Waals surface area contributed by atoms with Gasteiger partial charge in [0, 0.05) is 41.2 Å². The third-order valence-corrected chi connectivity index (χ3v) is 4.10. The summed E-state index contributed by atoms with van der Waals surface area (Å²) in [6, 6.07) is 3.31. The molecular formula is C13H10ClN3O3S. The van der Waals surface area contributed by atoms with Crippen molar-refractivity contribution in [2.75, 3.05) is 0 Å². The molecule has 21 heavy (non-hydrogen) atoms. The molecule has 8 heteroatoms. The van der Waals surface area contributed by atoms with Crippen LogP contribution in [0.1, 0.15) is 15.9 Å². The van der Waals surface area contributed by atoms with Gasteiger partial charge < -0.3 is 10.4 Å². The second-order valence-electron chi connectivity index (χ2n) is 3.89. The van der Waals surface area contributed by atoms with Gasteiger partial charge in [0.15, 0.2) is 6.29 Å². The SMILES string of the molecule is O=Cc1cccnc1Sc1c(Cl)cncc1CNC(=O)O. The number of carbonyl (C=O) groups is 2. The van der Waals surface area contributed by atoms with Crippen molar-refractivity contribution < 1.29 is 14.7 Å². The molecule has 6 nitrogen and oxygen atoms in total. The van der Waals surface area contributed by atoms with Crippen LogP contribution in [-0.2, 0) is 6.54 Å². The van der Waals surface area contributed by atoms with E-state index in [2.05, 4.69) is 15.3 Å². The molecule has 0 atom stereocenters. The fraction of sp³-hybridized carbons (Fsp3) is 0.0769. The fourth-order valence-electron chi connectivity index (χ4n) is 1.55. The van der Waals surface area contributed by atoms with E-state index in [1.807, 2.05) is 0 Å². The summed E-state index contributed by atoms with van der Waals surface area (Å²) in [5.74, 6) is 0. The standard InChI is InChI=1S/C13H10ClN3O3S/c14-10-6-15-4-9(5-17-13(19)20)11(10)21-12-8(7-18)2-1-3-16-12/h1-4,6-7,17H,5H2,(H,19,20). The molecule has 2 aromatic rings. The van der Waals surface area contributed by atoms with E-state index in [0.29, 0.717) is 32.4 Å². The monoisotopic (exact) mass is 323 g/mol. The Hall–Kier alpha value is -2.12. The average Bonchev–Trinajstić information content (AvgIpc) is 2.48. The lowest BCUT2D eigenvalue weighted by molar-refractivity contribution is 0.112. The minimum absolute atomic E-state index is 0.0640. The van der Waals surface area contributed by atoms with Gasteiger partial charge in [-0.3, -0.25) is 9.78 Å². The molecule has 0 saturated carbocycles. The van der Waals surface area contributed by atoms with E-state index in [1.165, 1.54) is 24.2 Å². The molecule has 0 radical (unpaired) electrons. The fourth-order valence-corrected chi connectivity index (χ4v) is 2.79. The normalized spacial score (nSPS) is 10.1. The molecule has 2 N–H and O–H groups in total. The minimum atomic E-state index is -1.14. The van der Waals surface area contributed by atoms with Crippen LogP contribution in [0.4, 0.5) is 4.79 Å². The molecule has 0 aromatic carbocycles. The minimum Gasteiger partial charge on any atom is -0.465 e. The lowest BCUT2D eigenvalue weighted by atomic mass is 10.3. The van der Waals surface area contributed by atoms with Crippen molar-refractivity contribution in [2.45, 2.75) is 16.5 Å². The largest absolute Gasteiger partial charge is 0.465 e. The molecule has 0 bridgehead atoms. The first kappa shape index (κ1) is 15.3. The molecule has 0 aliphatic rings. The number of carbonyl (C=O) groups excluding carboxylic acids is 1. The molecule has 0 fully saturated rings. The number of aromatic nitrogens is 2. The van der Waals surface area contributed by atoms with Crippen LogP contribution in [0.2, 0.25) is 5.02 Å². The number of hydrogen-bond acceptors (Lipinski definition) is 5. The van der Waals surface area contributed by atoms with Crippen molar-refractivity contribution in [3.05, 3.63) is 46.9 Å². The Labute approximate surface area is 129 Å². The Morgan fingerprint density at radius 2 is 2.29 bits per heavy atom. The first-order chi connectivity index (χ1) is 10.1.